The number of hydrogen-bond donors (Lipinski definition) is 0. The Morgan fingerprint density at radius 2 is 1.40 bits per heavy atom. The minimum absolute atomic E-state index is 0.0293. The minimum atomic E-state index is -0.543. The highest BCUT2D eigenvalue weighted by molar-refractivity contribution is 5.83. The fourth-order valence-corrected chi connectivity index (χ4v) is 1.59. The predicted octanol–water partition coefficient (Wildman–Crippen LogP) is 2.17. The molecule has 0 saturated heterocycles. The summed E-state index contributed by atoms with van der Waals surface area (Å²) in [5.41, 5.74) is 0. The van der Waals surface area contributed by atoms with Crippen LogP contribution in [-0.2, 0) is 23.9 Å². The number of ketones is 3. The Kier molecular flexibility index (Phi) is 10.1. The van der Waals surface area contributed by atoms with Gasteiger partial charge in [-0.05, 0) is 19.8 Å². The van der Waals surface area contributed by atoms with Crippen molar-refractivity contribution in [1.29, 1.82) is 0 Å². The zero-order valence-corrected chi connectivity index (χ0v) is 12.0. The third-order valence-electron chi connectivity index (χ3n) is 2.69. The van der Waals surface area contributed by atoms with Gasteiger partial charge in [0.25, 0.3) is 0 Å². The number of carbonyl (C=O) groups excluding carboxylic acids is 4. The van der Waals surface area contributed by atoms with Crippen molar-refractivity contribution in [2.75, 3.05) is 6.61 Å². The minimum Gasteiger partial charge on any atom is -0.462 e. The van der Waals surface area contributed by atoms with Crippen molar-refractivity contribution in [3.63, 3.8) is 0 Å². The molecule has 0 aliphatic heterocycles. The van der Waals surface area contributed by atoms with E-state index in [1.807, 2.05) is 0 Å². The van der Waals surface area contributed by atoms with Gasteiger partial charge in [-0.2, -0.15) is 0 Å². The van der Waals surface area contributed by atoms with Crippen molar-refractivity contribution in [2.45, 2.75) is 51.9 Å². The highest BCUT2D eigenvalue weighted by Gasteiger charge is 2.07. The van der Waals surface area contributed by atoms with E-state index in [1.54, 1.807) is 0 Å². The lowest BCUT2D eigenvalue weighted by Crippen LogP contribution is -2.08. The molecule has 0 rings (SSSR count). The number of Topliss-reactive ketones (excluding diaryl/α,β-unsaturated/α-hetero) is 3. The molecule has 0 heterocycles. The van der Waals surface area contributed by atoms with Crippen molar-refractivity contribution in [1.82, 2.24) is 0 Å². The summed E-state index contributed by atoms with van der Waals surface area (Å²) in [5.74, 6) is -0.406. The average molecular weight is 282 g/mol. The molecule has 0 unspecified atom stereocenters. The third-order valence-corrected chi connectivity index (χ3v) is 2.69. The number of ether oxygens (including phenoxy) is 1. The molecule has 0 spiro atoms. The van der Waals surface area contributed by atoms with Crippen molar-refractivity contribution in [3.8, 4) is 0 Å². The molecule has 0 aromatic heterocycles. The van der Waals surface area contributed by atoms with Crippen LogP contribution in [0.15, 0.2) is 12.7 Å². The monoisotopic (exact) mass is 282 g/mol. The molecule has 0 bridgehead atoms. The smallest absolute Gasteiger partial charge is 0.330 e. The summed E-state index contributed by atoms with van der Waals surface area (Å²) in [6, 6.07) is 0. The van der Waals surface area contributed by atoms with Gasteiger partial charge in [0.15, 0.2) is 0 Å². The van der Waals surface area contributed by atoms with Crippen LogP contribution in [0.1, 0.15) is 51.9 Å². The lowest BCUT2D eigenvalue weighted by Gasteiger charge is -2.02. The molecule has 5 heteroatoms. The molecule has 0 radical (unpaired) electrons. The van der Waals surface area contributed by atoms with Crippen LogP contribution in [0.3, 0.4) is 0 Å². The van der Waals surface area contributed by atoms with Gasteiger partial charge in [-0.1, -0.05) is 6.58 Å². The van der Waals surface area contributed by atoms with E-state index >= 15 is 0 Å². The van der Waals surface area contributed by atoms with Crippen LogP contribution in [0.25, 0.3) is 0 Å². The zero-order chi connectivity index (χ0) is 15.4. The molecule has 0 N–H and O–H groups in total. The van der Waals surface area contributed by atoms with Crippen LogP contribution in [0.5, 0.6) is 0 Å². The molecule has 0 amide bonds. The Balaban J connectivity index is 3.55. The lowest BCUT2D eigenvalue weighted by molar-refractivity contribution is -0.138. The molecule has 0 aliphatic carbocycles. The summed E-state index contributed by atoms with van der Waals surface area (Å²) in [4.78, 5) is 44.3. The quantitative estimate of drug-likeness (QED) is 0.405. The van der Waals surface area contributed by atoms with Gasteiger partial charge in [0, 0.05) is 38.2 Å². The fraction of sp³-hybridized carbons (Fsp3) is 0.600. The summed E-state index contributed by atoms with van der Waals surface area (Å²) in [6.45, 7) is 4.80. The Morgan fingerprint density at radius 3 is 1.90 bits per heavy atom. The van der Waals surface area contributed by atoms with Crippen LogP contribution in [0.4, 0.5) is 0 Å². The summed E-state index contributed by atoms with van der Waals surface area (Å²) in [7, 11) is 0. The van der Waals surface area contributed by atoms with Crippen LogP contribution >= 0.6 is 0 Å². The molecular formula is C15H22O5. The first kappa shape index (κ1) is 18.2. The maximum atomic E-state index is 11.4. The Bertz CT molecular complexity index is 370. The maximum absolute atomic E-state index is 11.4. The SMILES string of the molecule is C=CC(=O)OCCC(=O)CCCC(=O)CCCC(C)=O. The first-order valence-electron chi connectivity index (χ1n) is 6.77. The second-order valence-corrected chi connectivity index (χ2v) is 4.61. The Morgan fingerprint density at radius 1 is 0.900 bits per heavy atom. The van der Waals surface area contributed by atoms with Gasteiger partial charge in [-0.3, -0.25) is 9.59 Å². The van der Waals surface area contributed by atoms with Crippen LogP contribution in [0.2, 0.25) is 0 Å². The lowest BCUT2D eigenvalue weighted by atomic mass is 10.0. The summed E-state index contributed by atoms with van der Waals surface area (Å²) < 4.78 is 4.69. The fourth-order valence-electron chi connectivity index (χ4n) is 1.59. The number of esters is 1. The largest absolute Gasteiger partial charge is 0.462 e. The van der Waals surface area contributed by atoms with Gasteiger partial charge in [0.2, 0.25) is 0 Å². The summed E-state index contributed by atoms with van der Waals surface area (Å²) in [6.07, 6.45) is 3.79. The van der Waals surface area contributed by atoms with E-state index in [2.05, 4.69) is 11.3 Å². The third kappa shape index (κ3) is 11.3. The van der Waals surface area contributed by atoms with Gasteiger partial charge in [-0.25, -0.2) is 4.79 Å². The van der Waals surface area contributed by atoms with Gasteiger partial charge >= 0.3 is 5.97 Å². The molecule has 0 atom stereocenters. The first-order valence-corrected chi connectivity index (χ1v) is 6.77. The number of carbonyl (C=O) groups is 4. The second kappa shape index (κ2) is 11.1. The molecule has 0 fully saturated rings. The maximum Gasteiger partial charge on any atom is 0.330 e. The predicted molar refractivity (Wildman–Crippen MR) is 74.2 cm³/mol. The first-order chi connectivity index (χ1) is 9.45. The van der Waals surface area contributed by atoms with E-state index < -0.39 is 5.97 Å². The normalized spacial score (nSPS) is 9.85. The summed E-state index contributed by atoms with van der Waals surface area (Å²) in [5, 5.41) is 0. The molecule has 0 aromatic rings. The molecular weight excluding hydrogens is 260 g/mol. The molecule has 112 valence electrons. The van der Waals surface area contributed by atoms with Gasteiger partial charge in [0.1, 0.15) is 17.3 Å². The molecule has 5 nitrogen and oxygen atoms in total. The van der Waals surface area contributed by atoms with Crippen molar-refractivity contribution in [3.05, 3.63) is 12.7 Å². The molecule has 0 aliphatic rings. The highest BCUT2D eigenvalue weighted by Crippen LogP contribution is 2.05. The van der Waals surface area contributed by atoms with Crippen LogP contribution in [-0.4, -0.2) is 29.9 Å². The molecule has 0 saturated carbocycles. The highest BCUT2D eigenvalue weighted by atomic mass is 16.5. The standard InChI is InChI=1S/C15H22O5/c1-3-15(19)20-11-10-14(18)9-5-8-13(17)7-4-6-12(2)16/h3H,1,4-11H2,2H3. The topological polar surface area (TPSA) is 77.5 Å². The zero-order valence-electron chi connectivity index (χ0n) is 12.0. The van der Waals surface area contributed by atoms with E-state index in [4.69, 9.17) is 0 Å². The van der Waals surface area contributed by atoms with Crippen molar-refractivity contribution >= 4 is 23.3 Å². The summed E-state index contributed by atoms with van der Waals surface area (Å²) >= 11 is 0. The van der Waals surface area contributed by atoms with E-state index in [-0.39, 0.29) is 30.4 Å². The Labute approximate surface area is 119 Å². The van der Waals surface area contributed by atoms with Gasteiger partial charge in [0.05, 0.1) is 6.61 Å². The molecule has 0 aromatic carbocycles. The second-order valence-electron chi connectivity index (χ2n) is 4.61. The van der Waals surface area contributed by atoms with E-state index in [9.17, 15) is 19.2 Å². The number of hydrogen-bond acceptors (Lipinski definition) is 5. The van der Waals surface area contributed by atoms with Crippen LogP contribution in [0, 0.1) is 0 Å². The average Bonchev–Trinajstić information content (AvgIpc) is 2.38. The van der Waals surface area contributed by atoms with Crippen LogP contribution < -0.4 is 0 Å². The van der Waals surface area contributed by atoms with Crippen molar-refractivity contribution < 1.29 is 23.9 Å². The van der Waals surface area contributed by atoms with Crippen molar-refractivity contribution in [2.24, 2.45) is 0 Å². The van der Waals surface area contributed by atoms with E-state index in [0.29, 0.717) is 38.5 Å². The molecule has 20 heavy (non-hydrogen) atoms. The van der Waals surface area contributed by atoms with E-state index in [0.717, 1.165) is 6.08 Å². The Hall–Kier alpha value is -1.78. The number of rotatable bonds is 12. The van der Waals surface area contributed by atoms with Gasteiger partial charge < -0.3 is 9.53 Å². The van der Waals surface area contributed by atoms with E-state index in [1.165, 1.54) is 6.92 Å². The van der Waals surface area contributed by atoms with Gasteiger partial charge in [-0.15, -0.1) is 0 Å².